The molecule has 0 aromatic heterocycles. The fraction of sp³-hybridized carbons (Fsp3) is 0.0312. The fourth-order valence-corrected chi connectivity index (χ4v) is 5.13. The molecule has 36 heavy (non-hydrogen) atoms. The number of esters is 1. The summed E-state index contributed by atoms with van der Waals surface area (Å²) in [5.74, 6) is 1.33. The summed E-state index contributed by atoms with van der Waals surface area (Å²) in [6, 6.07) is 38.9. The number of ether oxygens (including phenoxy) is 2. The lowest BCUT2D eigenvalue weighted by atomic mass is 9.96. The van der Waals surface area contributed by atoms with Gasteiger partial charge in [0.05, 0.1) is 16.9 Å². The van der Waals surface area contributed by atoms with Gasteiger partial charge in [0, 0.05) is 33.5 Å². The minimum atomic E-state index is -0.265. The first-order valence-electron chi connectivity index (χ1n) is 11.9. The normalized spacial score (nSPS) is 13.3. The number of hydrogen-bond acceptors (Lipinski definition) is 4. The standard InChI is InChI=1S/C32H21NO3/c34-32-23-18-17-22(19-21(23)20-35-32)33-28-13-5-1-9-24(28)26-11-3-7-15-30(26)36-31-16-8-4-12-27(31)25-10-2-6-14-29(25)33/h1-19H,20H2. The van der Waals surface area contributed by atoms with E-state index in [2.05, 4.69) is 71.6 Å². The Hall–Kier alpha value is -4.83. The molecular formula is C32H21NO3. The van der Waals surface area contributed by atoms with Gasteiger partial charge in [-0.1, -0.05) is 72.8 Å². The Balaban J connectivity index is 1.58. The molecule has 4 nitrogen and oxygen atoms in total. The van der Waals surface area contributed by atoms with E-state index in [9.17, 15) is 4.79 Å². The fourth-order valence-electron chi connectivity index (χ4n) is 5.13. The van der Waals surface area contributed by atoms with E-state index < -0.39 is 0 Å². The van der Waals surface area contributed by atoms with E-state index in [0.29, 0.717) is 12.2 Å². The molecule has 0 saturated carbocycles. The zero-order chi connectivity index (χ0) is 24.1. The molecule has 7 rings (SSSR count). The van der Waals surface area contributed by atoms with E-state index in [1.54, 1.807) is 0 Å². The van der Waals surface area contributed by atoms with Crippen molar-refractivity contribution in [3.05, 3.63) is 126 Å². The Kier molecular flexibility index (Phi) is 4.64. The second-order valence-corrected chi connectivity index (χ2v) is 8.88. The summed E-state index contributed by atoms with van der Waals surface area (Å²) in [6.45, 7) is 0.290. The predicted molar refractivity (Wildman–Crippen MR) is 141 cm³/mol. The summed E-state index contributed by atoms with van der Waals surface area (Å²) >= 11 is 0. The van der Waals surface area contributed by atoms with Gasteiger partial charge in [0.2, 0.25) is 0 Å². The molecule has 0 fully saturated rings. The van der Waals surface area contributed by atoms with Crippen LogP contribution >= 0.6 is 0 Å². The summed E-state index contributed by atoms with van der Waals surface area (Å²) in [6.07, 6.45) is 0. The quantitative estimate of drug-likeness (QED) is 0.228. The van der Waals surface area contributed by atoms with Gasteiger partial charge >= 0.3 is 5.97 Å². The molecule has 172 valence electrons. The van der Waals surface area contributed by atoms with Gasteiger partial charge < -0.3 is 14.4 Å². The van der Waals surface area contributed by atoms with Crippen molar-refractivity contribution in [3.8, 4) is 33.8 Å². The largest absolute Gasteiger partial charge is 0.457 e. The van der Waals surface area contributed by atoms with E-state index in [1.165, 1.54) is 0 Å². The van der Waals surface area contributed by atoms with Gasteiger partial charge in [-0.2, -0.15) is 0 Å². The van der Waals surface area contributed by atoms with Crippen LogP contribution in [0.4, 0.5) is 17.1 Å². The van der Waals surface area contributed by atoms with Crippen molar-refractivity contribution >= 4 is 23.0 Å². The molecule has 0 unspecified atom stereocenters. The monoisotopic (exact) mass is 467 g/mol. The van der Waals surface area contributed by atoms with Crippen molar-refractivity contribution in [2.75, 3.05) is 4.90 Å². The van der Waals surface area contributed by atoms with Crippen molar-refractivity contribution in [1.82, 2.24) is 0 Å². The lowest BCUT2D eigenvalue weighted by Gasteiger charge is -2.31. The highest BCUT2D eigenvalue weighted by Crippen LogP contribution is 2.50. The minimum absolute atomic E-state index is 0.265. The van der Waals surface area contributed by atoms with Crippen LogP contribution in [-0.2, 0) is 11.3 Å². The molecular weight excluding hydrogens is 446 g/mol. The summed E-state index contributed by atoms with van der Waals surface area (Å²) < 4.78 is 11.9. The number of fused-ring (bicyclic) bond motifs is 7. The molecule has 0 bridgehead atoms. The number of cyclic esters (lactones) is 1. The third kappa shape index (κ3) is 3.19. The number of anilines is 3. The predicted octanol–water partition coefficient (Wildman–Crippen LogP) is 8.27. The van der Waals surface area contributed by atoms with Crippen molar-refractivity contribution < 1.29 is 14.3 Å². The lowest BCUT2D eigenvalue weighted by Crippen LogP contribution is -2.13. The highest BCUT2D eigenvalue weighted by molar-refractivity contribution is 5.98. The van der Waals surface area contributed by atoms with Crippen molar-refractivity contribution in [1.29, 1.82) is 0 Å². The summed E-state index contributed by atoms with van der Waals surface area (Å²) in [4.78, 5) is 14.4. The van der Waals surface area contributed by atoms with Crippen molar-refractivity contribution in [3.63, 3.8) is 0 Å². The van der Waals surface area contributed by atoms with E-state index in [1.807, 2.05) is 48.5 Å². The van der Waals surface area contributed by atoms with Crippen LogP contribution in [0.2, 0.25) is 0 Å². The third-order valence-corrected chi connectivity index (χ3v) is 6.79. The van der Waals surface area contributed by atoms with Crippen molar-refractivity contribution in [2.24, 2.45) is 0 Å². The molecule has 2 aliphatic rings. The first-order chi connectivity index (χ1) is 17.8. The van der Waals surface area contributed by atoms with Crippen LogP contribution in [0.15, 0.2) is 115 Å². The Labute approximate surface area is 209 Å². The number of para-hydroxylation sites is 4. The second-order valence-electron chi connectivity index (χ2n) is 8.88. The molecule has 5 aromatic carbocycles. The SMILES string of the molecule is O=C1OCc2cc(N3c4ccccc4-c4ccccc4Oc4ccccc4-c4ccccc43)ccc21. The average Bonchev–Trinajstić information content (AvgIpc) is 3.30. The first-order valence-corrected chi connectivity index (χ1v) is 11.9. The van der Waals surface area contributed by atoms with Crippen molar-refractivity contribution in [2.45, 2.75) is 6.61 Å². The van der Waals surface area contributed by atoms with Gasteiger partial charge in [-0.15, -0.1) is 0 Å². The molecule has 0 spiro atoms. The second kappa shape index (κ2) is 8.14. The van der Waals surface area contributed by atoms with Gasteiger partial charge in [0.1, 0.15) is 18.1 Å². The molecule has 0 atom stereocenters. The summed E-state index contributed by atoms with van der Waals surface area (Å²) in [5.41, 5.74) is 8.64. The van der Waals surface area contributed by atoms with Gasteiger partial charge in [-0.3, -0.25) is 0 Å². The first kappa shape index (κ1) is 20.5. The number of benzene rings is 5. The number of hydrogen-bond donors (Lipinski definition) is 0. The Morgan fingerprint density at radius 3 is 1.69 bits per heavy atom. The smallest absolute Gasteiger partial charge is 0.338 e. The molecule has 0 amide bonds. The maximum absolute atomic E-state index is 12.2. The van der Waals surface area contributed by atoms with Gasteiger partial charge in [0.15, 0.2) is 0 Å². The Bertz CT molecular complexity index is 1570. The zero-order valence-electron chi connectivity index (χ0n) is 19.3. The topological polar surface area (TPSA) is 38.8 Å². The molecule has 2 heterocycles. The maximum Gasteiger partial charge on any atom is 0.338 e. The van der Waals surface area contributed by atoms with Crippen LogP contribution in [-0.4, -0.2) is 5.97 Å². The minimum Gasteiger partial charge on any atom is -0.457 e. The molecule has 0 aliphatic carbocycles. The van der Waals surface area contributed by atoms with Crippen LogP contribution in [0.25, 0.3) is 22.3 Å². The highest BCUT2D eigenvalue weighted by Gasteiger charge is 2.27. The molecule has 0 radical (unpaired) electrons. The van der Waals surface area contributed by atoms with E-state index >= 15 is 0 Å². The maximum atomic E-state index is 12.2. The number of rotatable bonds is 1. The lowest BCUT2D eigenvalue weighted by molar-refractivity contribution is 0.0535. The van der Waals surface area contributed by atoms with Crippen LogP contribution in [0.1, 0.15) is 15.9 Å². The van der Waals surface area contributed by atoms with E-state index in [4.69, 9.17) is 9.47 Å². The van der Waals surface area contributed by atoms with Gasteiger partial charge in [-0.25, -0.2) is 4.79 Å². The summed E-state index contributed by atoms with van der Waals surface area (Å²) in [7, 11) is 0. The van der Waals surface area contributed by atoms with Crippen LogP contribution < -0.4 is 9.64 Å². The van der Waals surface area contributed by atoms with E-state index in [0.717, 1.165) is 56.4 Å². The number of nitrogens with zero attached hydrogens (tertiary/aromatic N) is 1. The van der Waals surface area contributed by atoms with Crippen LogP contribution in [0.3, 0.4) is 0 Å². The van der Waals surface area contributed by atoms with Crippen LogP contribution in [0, 0.1) is 0 Å². The molecule has 2 aliphatic heterocycles. The van der Waals surface area contributed by atoms with Gasteiger partial charge in [-0.05, 0) is 42.5 Å². The van der Waals surface area contributed by atoms with E-state index in [-0.39, 0.29) is 5.97 Å². The molecule has 4 heteroatoms. The zero-order valence-corrected chi connectivity index (χ0v) is 19.3. The van der Waals surface area contributed by atoms with Crippen LogP contribution in [0.5, 0.6) is 11.5 Å². The molecule has 0 N–H and O–H groups in total. The number of carbonyl (C=O) groups is 1. The average molecular weight is 468 g/mol. The summed E-state index contributed by atoms with van der Waals surface area (Å²) in [5, 5.41) is 0. The third-order valence-electron chi connectivity index (χ3n) is 6.79. The molecule has 0 saturated heterocycles. The molecule has 5 aromatic rings. The highest BCUT2D eigenvalue weighted by atomic mass is 16.5. The Morgan fingerprint density at radius 2 is 1.08 bits per heavy atom. The Morgan fingerprint density at radius 1 is 0.556 bits per heavy atom. The van der Waals surface area contributed by atoms with Gasteiger partial charge in [0.25, 0.3) is 0 Å². The number of carbonyl (C=O) groups excluding carboxylic acids is 1.